The number of para-hydroxylation sites is 1. The molecule has 148 valence electrons. The summed E-state index contributed by atoms with van der Waals surface area (Å²) in [5.74, 6) is 0.680. The zero-order chi connectivity index (χ0) is 20.5. The van der Waals surface area contributed by atoms with Gasteiger partial charge in [-0.1, -0.05) is 42.5 Å². The molecule has 0 aliphatic carbocycles. The number of benzene rings is 3. The molecule has 0 aliphatic heterocycles. The van der Waals surface area contributed by atoms with Crippen molar-refractivity contribution in [3.8, 4) is 5.75 Å². The third-order valence-corrected chi connectivity index (χ3v) is 4.06. The minimum absolute atomic E-state index is 0.139. The van der Waals surface area contributed by atoms with E-state index < -0.39 is 0 Å². The molecule has 29 heavy (non-hydrogen) atoms. The van der Waals surface area contributed by atoms with E-state index in [9.17, 15) is 9.59 Å². The fourth-order valence-electron chi connectivity index (χ4n) is 2.71. The summed E-state index contributed by atoms with van der Waals surface area (Å²) in [5.41, 5.74) is 3.33. The molecule has 3 rings (SSSR count). The Hall–Kier alpha value is -3.80. The topological polar surface area (TPSA) is 79.5 Å². The summed E-state index contributed by atoms with van der Waals surface area (Å²) in [6.07, 6.45) is 0. The third-order valence-electron chi connectivity index (χ3n) is 4.06. The van der Waals surface area contributed by atoms with Crippen LogP contribution < -0.4 is 20.7 Å². The molecular formula is C23H23N3O3. The molecule has 6 nitrogen and oxygen atoms in total. The second-order valence-electron chi connectivity index (χ2n) is 6.49. The van der Waals surface area contributed by atoms with Gasteiger partial charge in [-0.15, -0.1) is 0 Å². The van der Waals surface area contributed by atoms with Gasteiger partial charge in [0.05, 0.1) is 0 Å². The van der Waals surface area contributed by atoms with Crippen molar-refractivity contribution in [3.63, 3.8) is 0 Å². The zero-order valence-corrected chi connectivity index (χ0v) is 16.1. The van der Waals surface area contributed by atoms with Crippen LogP contribution in [0.4, 0.5) is 16.2 Å². The first kappa shape index (κ1) is 19.9. The highest BCUT2D eigenvalue weighted by atomic mass is 16.5. The molecule has 0 aliphatic rings. The number of ether oxygens (including phenoxy) is 1. The van der Waals surface area contributed by atoms with Crippen LogP contribution in [0.5, 0.6) is 5.75 Å². The standard InChI is InChI=1S/C23H23N3O3/c1-17(27)25-20-10-12-21(13-11-20)26-23(28)24-15-18-6-5-7-19(14-18)16-29-22-8-3-2-4-9-22/h2-14H,15-16H2,1H3,(H,25,27)(H2,24,26,28). The molecule has 0 unspecified atom stereocenters. The first-order chi connectivity index (χ1) is 14.1. The molecule has 0 heterocycles. The highest BCUT2D eigenvalue weighted by Gasteiger charge is 2.04. The zero-order valence-electron chi connectivity index (χ0n) is 16.1. The van der Waals surface area contributed by atoms with Crippen LogP contribution in [0.25, 0.3) is 0 Å². The second-order valence-corrected chi connectivity index (χ2v) is 6.49. The Morgan fingerprint density at radius 2 is 1.45 bits per heavy atom. The van der Waals surface area contributed by atoms with Gasteiger partial charge < -0.3 is 20.7 Å². The summed E-state index contributed by atoms with van der Waals surface area (Å²) in [6, 6.07) is 24.1. The van der Waals surface area contributed by atoms with E-state index in [1.54, 1.807) is 24.3 Å². The summed E-state index contributed by atoms with van der Waals surface area (Å²) in [6.45, 7) is 2.31. The maximum atomic E-state index is 12.1. The SMILES string of the molecule is CC(=O)Nc1ccc(NC(=O)NCc2cccc(COc3ccccc3)c2)cc1. The van der Waals surface area contributed by atoms with E-state index in [0.717, 1.165) is 16.9 Å². The molecule has 3 N–H and O–H groups in total. The number of nitrogens with one attached hydrogen (secondary N) is 3. The van der Waals surface area contributed by atoms with E-state index in [2.05, 4.69) is 16.0 Å². The quantitative estimate of drug-likeness (QED) is 0.555. The predicted molar refractivity (Wildman–Crippen MR) is 114 cm³/mol. The molecule has 6 heteroatoms. The van der Waals surface area contributed by atoms with Gasteiger partial charge in [0.15, 0.2) is 0 Å². The van der Waals surface area contributed by atoms with Gasteiger partial charge in [0.25, 0.3) is 0 Å². The average molecular weight is 389 g/mol. The highest BCUT2D eigenvalue weighted by Crippen LogP contribution is 2.14. The number of urea groups is 1. The van der Waals surface area contributed by atoms with Crippen LogP contribution in [0.15, 0.2) is 78.9 Å². The van der Waals surface area contributed by atoms with Gasteiger partial charge in [-0.25, -0.2) is 4.79 Å². The largest absolute Gasteiger partial charge is 0.489 e. The number of hydrogen-bond acceptors (Lipinski definition) is 3. The molecule has 0 aromatic heterocycles. The van der Waals surface area contributed by atoms with Crippen molar-refractivity contribution >= 4 is 23.3 Å². The van der Waals surface area contributed by atoms with Crippen molar-refractivity contribution in [2.75, 3.05) is 10.6 Å². The number of rotatable bonds is 7. The van der Waals surface area contributed by atoms with Gasteiger partial charge in [0.2, 0.25) is 5.91 Å². The normalized spacial score (nSPS) is 10.1. The van der Waals surface area contributed by atoms with Gasteiger partial charge in [-0.3, -0.25) is 4.79 Å². The minimum atomic E-state index is -0.303. The Morgan fingerprint density at radius 1 is 0.793 bits per heavy atom. The summed E-state index contributed by atoms with van der Waals surface area (Å²) < 4.78 is 5.76. The molecule has 0 atom stereocenters. The van der Waals surface area contributed by atoms with Crippen molar-refractivity contribution < 1.29 is 14.3 Å². The van der Waals surface area contributed by atoms with E-state index in [4.69, 9.17) is 4.74 Å². The van der Waals surface area contributed by atoms with E-state index in [-0.39, 0.29) is 11.9 Å². The summed E-state index contributed by atoms with van der Waals surface area (Å²) >= 11 is 0. The Morgan fingerprint density at radius 3 is 2.14 bits per heavy atom. The summed E-state index contributed by atoms with van der Waals surface area (Å²) in [5, 5.41) is 8.28. The molecule has 0 spiro atoms. The van der Waals surface area contributed by atoms with E-state index in [1.165, 1.54) is 6.92 Å². The first-order valence-corrected chi connectivity index (χ1v) is 9.27. The number of carbonyl (C=O) groups is 2. The lowest BCUT2D eigenvalue weighted by Gasteiger charge is -2.10. The minimum Gasteiger partial charge on any atom is -0.489 e. The molecular weight excluding hydrogens is 366 g/mol. The predicted octanol–water partition coefficient (Wildman–Crippen LogP) is 4.55. The lowest BCUT2D eigenvalue weighted by molar-refractivity contribution is -0.114. The van der Waals surface area contributed by atoms with Gasteiger partial charge in [0, 0.05) is 24.8 Å². The number of anilines is 2. The van der Waals surface area contributed by atoms with Crippen molar-refractivity contribution in [1.29, 1.82) is 0 Å². The number of amides is 3. The monoisotopic (exact) mass is 389 g/mol. The van der Waals surface area contributed by atoms with Crippen LogP contribution >= 0.6 is 0 Å². The van der Waals surface area contributed by atoms with Crippen LogP contribution in [-0.4, -0.2) is 11.9 Å². The molecule has 3 aromatic rings. The van der Waals surface area contributed by atoms with Crippen molar-refractivity contribution in [1.82, 2.24) is 5.32 Å². The number of carbonyl (C=O) groups excluding carboxylic acids is 2. The summed E-state index contributed by atoms with van der Waals surface area (Å²) in [4.78, 5) is 23.2. The Balaban J connectivity index is 1.48. The molecule has 0 radical (unpaired) electrons. The molecule has 0 saturated heterocycles. The molecule has 0 saturated carbocycles. The van der Waals surface area contributed by atoms with E-state index >= 15 is 0 Å². The van der Waals surface area contributed by atoms with Gasteiger partial charge in [-0.2, -0.15) is 0 Å². The second kappa shape index (κ2) is 9.94. The van der Waals surface area contributed by atoms with E-state index in [1.807, 2.05) is 54.6 Å². The fraction of sp³-hybridized carbons (Fsp3) is 0.130. The Labute approximate surface area is 169 Å². The Bertz CT molecular complexity index is 957. The van der Waals surface area contributed by atoms with E-state index in [0.29, 0.717) is 24.5 Å². The smallest absolute Gasteiger partial charge is 0.319 e. The van der Waals surface area contributed by atoms with Crippen LogP contribution in [-0.2, 0) is 17.9 Å². The Kier molecular flexibility index (Phi) is 6.84. The van der Waals surface area contributed by atoms with Gasteiger partial charge in [-0.05, 0) is 47.5 Å². The van der Waals surface area contributed by atoms with Crippen LogP contribution in [0.1, 0.15) is 18.1 Å². The molecule has 0 fully saturated rings. The van der Waals surface area contributed by atoms with Crippen molar-refractivity contribution in [2.45, 2.75) is 20.1 Å². The lowest BCUT2D eigenvalue weighted by Crippen LogP contribution is -2.28. The molecule has 3 aromatic carbocycles. The lowest BCUT2D eigenvalue weighted by atomic mass is 10.1. The first-order valence-electron chi connectivity index (χ1n) is 9.27. The number of hydrogen-bond donors (Lipinski definition) is 3. The molecule has 0 bridgehead atoms. The van der Waals surface area contributed by atoms with Crippen LogP contribution in [0.3, 0.4) is 0 Å². The van der Waals surface area contributed by atoms with Crippen LogP contribution in [0.2, 0.25) is 0 Å². The summed E-state index contributed by atoms with van der Waals surface area (Å²) in [7, 11) is 0. The van der Waals surface area contributed by atoms with Gasteiger partial charge in [0.1, 0.15) is 12.4 Å². The maximum absolute atomic E-state index is 12.1. The van der Waals surface area contributed by atoms with Crippen molar-refractivity contribution in [3.05, 3.63) is 90.0 Å². The third kappa shape index (κ3) is 6.70. The van der Waals surface area contributed by atoms with Crippen molar-refractivity contribution in [2.24, 2.45) is 0 Å². The highest BCUT2D eigenvalue weighted by molar-refractivity contribution is 5.91. The van der Waals surface area contributed by atoms with Crippen LogP contribution in [0, 0.1) is 0 Å². The maximum Gasteiger partial charge on any atom is 0.319 e. The van der Waals surface area contributed by atoms with Gasteiger partial charge >= 0.3 is 6.03 Å². The molecule has 3 amide bonds. The average Bonchev–Trinajstić information content (AvgIpc) is 2.73. The fourth-order valence-corrected chi connectivity index (χ4v) is 2.71.